The minimum Gasteiger partial charge on any atom is -0.489 e. The van der Waals surface area contributed by atoms with Crippen LogP contribution in [-0.4, -0.2) is 38.2 Å². The summed E-state index contributed by atoms with van der Waals surface area (Å²) in [6.07, 6.45) is 0.739. The normalized spacial score (nSPS) is 17.2. The number of rotatable bonds is 8. The molecule has 0 fully saturated rings. The number of fused-ring (bicyclic) bond motifs is 2. The maximum Gasteiger partial charge on any atom is 0.325 e. The lowest BCUT2D eigenvalue weighted by atomic mass is 9.83. The van der Waals surface area contributed by atoms with Gasteiger partial charge in [0.1, 0.15) is 18.4 Å². The van der Waals surface area contributed by atoms with Crippen molar-refractivity contribution in [2.45, 2.75) is 31.4 Å². The summed E-state index contributed by atoms with van der Waals surface area (Å²) in [5.74, 6) is 0.155. The lowest BCUT2D eigenvalue weighted by Gasteiger charge is -2.33. The Morgan fingerprint density at radius 3 is 2.61 bits per heavy atom. The number of ether oxygens (including phenoxy) is 2. The van der Waals surface area contributed by atoms with Crippen molar-refractivity contribution < 1.29 is 19.1 Å². The monoisotopic (exact) mass is 508 g/mol. The van der Waals surface area contributed by atoms with Crippen molar-refractivity contribution in [1.29, 1.82) is 0 Å². The number of para-hydroxylation sites is 1. The molecule has 0 saturated carbocycles. The lowest BCUT2D eigenvalue weighted by molar-refractivity contribution is -0.139. The molecule has 0 aliphatic carbocycles. The first kappa shape index (κ1) is 25.5. The summed E-state index contributed by atoms with van der Waals surface area (Å²) in [6, 6.07) is 30.7. The largest absolute Gasteiger partial charge is 0.489 e. The van der Waals surface area contributed by atoms with E-state index in [1.165, 1.54) is 23.4 Å². The Hall–Kier alpha value is -4.16. The first-order chi connectivity index (χ1) is 18.5. The maximum absolute atomic E-state index is 12.7. The highest BCUT2D eigenvalue weighted by atomic mass is 16.5. The molecule has 5 rings (SSSR count). The Morgan fingerprint density at radius 2 is 1.74 bits per heavy atom. The molecule has 0 radical (unpaired) electrons. The molecule has 0 spiro atoms. The Kier molecular flexibility index (Phi) is 7.70. The predicted octanol–water partition coefficient (Wildman–Crippen LogP) is 5.38. The van der Waals surface area contributed by atoms with Gasteiger partial charge in [-0.2, -0.15) is 0 Å². The summed E-state index contributed by atoms with van der Waals surface area (Å²) in [5.41, 5.74) is 3.92. The van der Waals surface area contributed by atoms with Crippen LogP contribution in [0.25, 0.3) is 10.8 Å². The predicted molar refractivity (Wildman–Crippen MR) is 148 cm³/mol. The van der Waals surface area contributed by atoms with Crippen molar-refractivity contribution in [3.05, 3.63) is 113 Å². The Labute approximate surface area is 223 Å². The smallest absolute Gasteiger partial charge is 0.325 e. The van der Waals surface area contributed by atoms with Gasteiger partial charge < -0.3 is 20.1 Å². The molecule has 4 aromatic rings. The van der Waals surface area contributed by atoms with E-state index in [9.17, 15) is 9.59 Å². The van der Waals surface area contributed by atoms with E-state index in [0.29, 0.717) is 12.1 Å². The quantitative estimate of drug-likeness (QED) is 0.313. The fourth-order valence-corrected chi connectivity index (χ4v) is 5.20. The molecule has 1 aliphatic rings. The molecule has 6 nitrogen and oxygen atoms in total. The van der Waals surface area contributed by atoms with Crippen LogP contribution < -0.4 is 15.4 Å². The Morgan fingerprint density at radius 1 is 0.974 bits per heavy atom. The molecule has 1 amide bonds. The van der Waals surface area contributed by atoms with E-state index in [2.05, 4.69) is 70.8 Å². The molecule has 0 bridgehead atoms. The number of nitrogens with one attached hydrogen (secondary N) is 2. The molecule has 1 aliphatic heterocycles. The highest BCUT2D eigenvalue weighted by Gasteiger charge is 2.30. The van der Waals surface area contributed by atoms with E-state index in [1.807, 2.05) is 36.4 Å². The minimum absolute atomic E-state index is 0.0378. The van der Waals surface area contributed by atoms with Gasteiger partial charge in [0.15, 0.2) is 0 Å². The van der Waals surface area contributed by atoms with Crippen LogP contribution in [0, 0.1) is 0 Å². The van der Waals surface area contributed by atoms with Crippen molar-refractivity contribution in [2.75, 3.05) is 20.2 Å². The zero-order valence-electron chi connectivity index (χ0n) is 21.6. The van der Waals surface area contributed by atoms with Crippen molar-refractivity contribution in [2.24, 2.45) is 0 Å². The Bertz CT molecular complexity index is 1450. The first-order valence-corrected chi connectivity index (χ1v) is 12.9. The van der Waals surface area contributed by atoms with Crippen LogP contribution in [0.4, 0.5) is 0 Å². The number of carbonyl (C=O) groups excluding carboxylic acids is 2. The number of esters is 1. The molecule has 2 N–H and O–H groups in total. The molecule has 3 atom stereocenters. The van der Waals surface area contributed by atoms with Crippen LogP contribution in [0.15, 0.2) is 91.0 Å². The zero-order valence-corrected chi connectivity index (χ0v) is 21.6. The summed E-state index contributed by atoms with van der Waals surface area (Å²) in [6.45, 7) is 2.71. The van der Waals surface area contributed by atoms with E-state index < -0.39 is 5.97 Å². The highest BCUT2D eigenvalue weighted by Crippen LogP contribution is 2.40. The van der Waals surface area contributed by atoms with Gasteiger partial charge in [0.2, 0.25) is 0 Å². The molecule has 1 heterocycles. The topological polar surface area (TPSA) is 76.7 Å². The Balaban J connectivity index is 1.33. The van der Waals surface area contributed by atoms with Gasteiger partial charge in [0, 0.05) is 29.6 Å². The van der Waals surface area contributed by atoms with Gasteiger partial charge in [-0.1, -0.05) is 72.8 Å². The third-order valence-electron chi connectivity index (χ3n) is 7.20. The molecule has 4 aromatic carbocycles. The van der Waals surface area contributed by atoms with E-state index in [1.54, 1.807) is 6.07 Å². The summed E-state index contributed by atoms with van der Waals surface area (Å²) >= 11 is 0. The SMILES string of the molecule is COC(=O)CNC(=O)c1cccc([C@@H]2C[C@H](CNC(C)c3cccc4ccccc34)Oc3ccccc32)c1. The average molecular weight is 509 g/mol. The van der Waals surface area contributed by atoms with E-state index in [0.717, 1.165) is 23.3 Å². The zero-order chi connectivity index (χ0) is 26.5. The minimum atomic E-state index is -0.485. The van der Waals surface area contributed by atoms with Crippen LogP contribution >= 0.6 is 0 Å². The number of hydrogen-bond donors (Lipinski definition) is 2. The van der Waals surface area contributed by atoms with E-state index in [-0.39, 0.29) is 30.5 Å². The second-order valence-corrected chi connectivity index (χ2v) is 9.65. The van der Waals surface area contributed by atoms with Crippen LogP contribution in [0.5, 0.6) is 5.75 Å². The van der Waals surface area contributed by atoms with Crippen molar-refractivity contribution in [1.82, 2.24) is 10.6 Å². The molecule has 38 heavy (non-hydrogen) atoms. The molecule has 6 heteroatoms. The number of hydrogen-bond acceptors (Lipinski definition) is 5. The molecular formula is C32H32N2O4. The maximum atomic E-state index is 12.7. The number of methoxy groups -OCH3 is 1. The van der Waals surface area contributed by atoms with Gasteiger partial charge in [0.25, 0.3) is 5.91 Å². The fraction of sp³-hybridized carbons (Fsp3) is 0.250. The van der Waals surface area contributed by atoms with Gasteiger partial charge in [0.05, 0.1) is 7.11 Å². The second kappa shape index (κ2) is 11.5. The van der Waals surface area contributed by atoms with E-state index >= 15 is 0 Å². The summed E-state index contributed by atoms with van der Waals surface area (Å²) in [5, 5.41) is 8.80. The molecule has 0 saturated heterocycles. The number of amides is 1. The molecule has 0 aromatic heterocycles. The van der Waals surface area contributed by atoms with Gasteiger partial charge in [-0.3, -0.25) is 9.59 Å². The lowest BCUT2D eigenvalue weighted by Crippen LogP contribution is -2.37. The molecule has 1 unspecified atom stereocenters. The third-order valence-corrected chi connectivity index (χ3v) is 7.20. The molecular weight excluding hydrogens is 476 g/mol. The summed E-state index contributed by atoms with van der Waals surface area (Å²) < 4.78 is 11.0. The second-order valence-electron chi connectivity index (χ2n) is 9.65. The summed E-state index contributed by atoms with van der Waals surface area (Å²) in [7, 11) is 1.30. The van der Waals surface area contributed by atoms with Gasteiger partial charge in [-0.25, -0.2) is 0 Å². The van der Waals surface area contributed by atoms with Gasteiger partial charge in [-0.05, 0) is 53.4 Å². The van der Waals surface area contributed by atoms with Crippen molar-refractivity contribution >= 4 is 22.6 Å². The average Bonchev–Trinajstić information content (AvgIpc) is 2.97. The van der Waals surface area contributed by atoms with Crippen molar-refractivity contribution in [3.63, 3.8) is 0 Å². The van der Waals surface area contributed by atoms with E-state index in [4.69, 9.17) is 4.74 Å². The van der Waals surface area contributed by atoms with Crippen molar-refractivity contribution in [3.8, 4) is 5.75 Å². The first-order valence-electron chi connectivity index (χ1n) is 12.9. The van der Waals surface area contributed by atoms with Crippen LogP contribution in [-0.2, 0) is 9.53 Å². The van der Waals surface area contributed by atoms with Crippen LogP contribution in [0.1, 0.15) is 52.4 Å². The standard InChI is InChI=1S/C32H32N2O4/c1-21(26-15-8-10-22-9-3-4-13-27(22)26)33-19-25-18-29(28-14-5-6-16-30(28)38-25)23-11-7-12-24(17-23)32(36)34-20-31(35)37-2/h3-17,21,25,29,33H,18-20H2,1-2H3,(H,34,36)/t21?,25-,29+/m1/s1. The van der Waals surface area contributed by atoms with Gasteiger partial charge >= 0.3 is 5.97 Å². The highest BCUT2D eigenvalue weighted by molar-refractivity contribution is 5.96. The molecule has 194 valence electrons. The number of benzene rings is 4. The van der Waals surface area contributed by atoms with Gasteiger partial charge in [-0.15, -0.1) is 0 Å². The third kappa shape index (κ3) is 5.55. The van der Waals surface area contributed by atoms with Crippen LogP contribution in [0.2, 0.25) is 0 Å². The summed E-state index contributed by atoms with van der Waals surface area (Å²) in [4.78, 5) is 24.1. The fourth-order valence-electron chi connectivity index (χ4n) is 5.20. The number of carbonyl (C=O) groups is 2. The van der Waals surface area contributed by atoms with Crippen LogP contribution in [0.3, 0.4) is 0 Å².